The maximum absolute atomic E-state index is 11.1. The summed E-state index contributed by atoms with van der Waals surface area (Å²) in [5, 5.41) is 9.77. The Morgan fingerprint density at radius 2 is 1.93 bits per heavy atom. The van der Waals surface area contributed by atoms with Crippen molar-refractivity contribution in [3.05, 3.63) is 29.8 Å². The molecule has 28 heavy (non-hydrogen) atoms. The zero-order valence-corrected chi connectivity index (χ0v) is 20.1. The summed E-state index contributed by atoms with van der Waals surface area (Å²) in [4.78, 5) is 18.4. The van der Waals surface area contributed by atoms with E-state index in [0.29, 0.717) is 18.0 Å². The fourth-order valence-electron chi connectivity index (χ4n) is 3.36. The first kappa shape index (κ1) is 24.7. The molecule has 0 aromatic heterocycles. The van der Waals surface area contributed by atoms with Gasteiger partial charge in [-0.1, -0.05) is 19.1 Å². The number of carbonyl (C=O) groups excluding carboxylic acids is 1. The molecule has 2 unspecified atom stereocenters. The molecular weight excluding hydrogens is 465 g/mol. The minimum Gasteiger partial charge on any atom is -0.357 e. The zero-order chi connectivity index (χ0) is 19.8. The van der Waals surface area contributed by atoms with Gasteiger partial charge in [0, 0.05) is 50.9 Å². The summed E-state index contributed by atoms with van der Waals surface area (Å²) in [7, 11) is 0. The van der Waals surface area contributed by atoms with Gasteiger partial charge in [-0.2, -0.15) is 0 Å². The van der Waals surface area contributed by atoms with E-state index in [0.717, 1.165) is 44.2 Å². The molecule has 158 valence electrons. The maximum Gasteiger partial charge on any atom is 0.221 e. The van der Waals surface area contributed by atoms with Crippen molar-refractivity contribution in [2.75, 3.05) is 31.5 Å². The number of rotatable bonds is 7. The summed E-state index contributed by atoms with van der Waals surface area (Å²) in [5.41, 5.74) is 2.04. The molecule has 1 fully saturated rings. The fourth-order valence-corrected chi connectivity index (χ4v) is 3.36. The van der Waals surface area contributed by atoms with Crippen molar-refractivity contribution < 1.29 is 4.79 Å². The van der Waals surface area contributed by atoms with E-state index in [9.17, 15) is 4.79 Å². The fraction of sp³-hybridized carbons (Fsp3) is 0.619. The Morgan fingerprint density at radius 3 is 2.46 bits per heavy atom. The minimum absolute atomic E-state index is 0. The third kappa shape index (κ3) is 7.95. The normalized spacial score (nSPS) is 20.0. The van der Waals surface area contributed by atoms with E-state index in [2.05, 4.69) is 48.5 Å². The van der Waals surface area contributed by atoms with Crippen molar-refractivity contribution >= 4 is 41.5 Å². The van der Waals surface area contributed by atoms with Gasteiger partial charge >= 0.3 is 0 Å². The van der Waals surface area contributed by atoms with Crippen LogP contribution in [0, 0.1) is 5.92 Å². The first-order chi connectivity index (χ1) is 12.9. The molecule has 1 aliphatic rings. The Hall–Kier alpha value is -1.35. The second kappa shape index (κ2) is 12.3. The molecule has 1 amide bonds. The second-order valence-electron chi connectivity index (χ2n) is 7.66. The molecule has 0 saturated carbocycles. The first-order valence-corrected chi connectivity index (χ1v) is 10.0. The number of halogens is 1. The number of likely N-dealkylation sites (tertiary alicyclic amines) is 1. The number of aliphatic imine (C=N–C) groups is 1. The number of nitrogens with one attached hydrogen (secondary N) is 3. The van der Waals surface area contributed by atoms with Crippen LogP contribution in [-0.4, -0.2) is 55.0 Å². The smallest absolute Gasteiger partial charge is 0.221 e. The highest BCUT2D eigenvalue weighted by Crippen LogP contribution is 2.18. The van der Waals surface area contributed by atoms with Crippen molar-refractivity contribution in [1.29, 1.82) is 0 Å². The number of hydrogen-bond acceptors (Lipinski definition) is 3. The van der Waals surface area contributed by atoms with Crippen LogP contribution in [-0.2, 0) is 11.2 Å². The highest BCUT2D eigenvalue weighted by molar-refractivity contribution is 14.0. The molecular formula is C21H36IN5O. The van der Waals surface area contributed by atoms with Gasteiger partial charge in [-0.15, -0.1) is 24.0 Å². The van der Waals surface area contributed by atoms with Gasteiger partial charge in [0.2, 0.25) is 5.91 Å². The Kier molecular flexibility index (Phi) is 10.8. The van der Waals surface area contributed by atoms with Crippen LogP contribution in [0.25, 0.3) is 0 Å². The molecule has 2 rings (SSSR count). The molecule has 1 saturated heterocycles. The molecule has 1 aromatic rings. The number of amides is 1. The molecule has 2 atom stereocenters. The number of carbonyl (C=O) groups is 1. The third-order valence-corrected chi connectivity index (χ3v) is 4.98. The van der Waals surface area contributed by atoms with E-state index in [4.69, 9.17) is 4.99 Å². The molecule has 0 bridgehead atoms. The first-order valence-electron chi connectivity index (χ1n) is 10.0. The van der Waals surface area contributed by atoms with E-state index >= 15 is 0 Å². The van der Waals surface area contributed by atoms with Gasteiger partial charge in [0.25, 0.3) is 0 Å². The van der Waals surface area contributed by atoms with Gasteiger partial charge in [0.05, 0.1) is 0 Å². The molecule has 0 radical (unpaired) electrons. The zero-order valence-electron chi connectivity index (χ0n) is 17.8. The van der Waals surface area contributed by atoms with Crippen molar-refractivity contribution in [2.24, 2.45) is 10.9 Å². The van der Waals surface area contributed by atoms with Crippen molar-refractivity contribution in [2.45, 2.75) is 53.1 Å². The van der Waals surface area contributed by atoms with Crippen LogP contribution in [0.5, 0.6) is 0 Å². The van der Waals surface area contributed by atoms with Crippen molar-refractivity contribution in [3.63, 3.8) is 0 Å². The van der Waals surface area contributed by atoms with Crippen LogP contribution in [0.4, 0.5) is 5.69 Å². The van der Waals surface area contributed by atoms with Crippen LogP contribution in [0.2, 0.25) is 0 Å². The monoisotopic (exact) mass is 501 g/mol. The quantitative estimate of drug-likeness (QED) is 0.305. The molecule has 1 aliphatic heterocycles. The highest BCUT2D eigenvalue weighted by Gasteiger charge is 2.31. The second-order valence-corrected chi connectivity index (χ2v) is 7.66. The summed E-state index contributed by atoms with van der Waals surface area (Å²) >= 11 is 0. The summed E-state index contributed by atoms with van der Waals surface area (Å²) in [6, 6.07) is 8.97. The molecule has 6 nitrogen and oxygen atoms in total. The lowest BCUT2D eigenvalue weighted by Crippen LogP contribution is -2.46. The largest absolute Gasteiger partial charge is 0.357 e. The lowest BCUT2D eigenvalue weighted by atomic mass is 10.1. The van der Waals surface area contributed by atoms with Gasteiger partial charge in [-0.25, -0.2) is 0 Å². The standard InChI is InChI=1S/C21H35N5O.HI/c1-6-22-21(25-20-14-26(15(2)3)13-16(20)4)23-12-11-18-7-9-19(10-8-18)24-17(5)27;/h7-10,15-16,20H,6,11-14H2,1-5H3,(H,24,27)(H2,22,23,25);1H. The van der Waals surface area contributed by atoms with Crippen LogP contribution in [0.15, 0.2) is 29.3 Å². The summed E-state index contributed by atoms with van der Waals surface area (Å²) < 4.78 is 0. The van der Waals surface area contributed by atoms with Crippen LogP contribution in [0.3, 0.4) is 0 Å². The molecule has 1 aromatic carbocycles. The predicted molar refractivity (Wildman–Crippen MR) is 129 cm³/mol. The van der Waals surface area contributed by atoms with Crippen LogP contribution < -0.4 is 16.0 Å². The van der Waals surface area contributed by atoms with Gasteiger partial charge < -0.3 is 16.0 Å². The lowest BCUT2D eigenvalue weighted by Gasteiger charge is -2.22. The van der Waals surface area contributed by atoms with Crippen LogP contribution >= 0.6 is 24.0 Å². The van der Waals surface area contributed by atoms with Gasteiger partial charge in [-0.3, -0.25) is 14.7 Å². The predicted octanol–water partition coefficient (Wildman–Crippen LogP) is 3.09. The summed E-state index contributed by atoms with van der Waals surface area (Å²) in [6.07, 6.45) is 0.870. The lowest BCUT2D eigenvalue weighted by molar-refractivity contribution is -0.114. The van der Waals surface area contributed by atoms with Crippen molar-refractivity contribution in [1.82, 2.24) is 15.5 Å². The number of benzene rings is 1. The van der Waals surface area contributed by atoms with E-state index in [1.165, 1.54) is 12.5 Å². The van der Waals surface area contributed by atoms with Gasteiger partial charge in [0.1, 0.15) is 0 Å². The average molecular weight is 501 g/mol. The summed E-state index contributed by atoms with van der Waals surface area (Å²) in [5.74, 6) is 1.46. The molecule has 0 spiro atoms. The van der Waals surface area contributed by atoms with E-state index < -0.39 is 0 Å². The summed E-state index contributed by atoms with van der Waals surface area (Å²) in [6.45, 7) is 14.2. The Labute approximate surface area is 187 Å². The van der Waals surface area contributed by atoms with Gasteiger partial charge in [-0.05, 0) is 50.8 Å². The van der Waals surface area contributed by atoms with E-state index in [1.807, 2.05) is 24.3 Å². The number of hydrogen-bond donors (Lipinski definition) is 3. The average Bonchev–Trinajstić information content (AvgIpc) is 2.97. The van der Waals surface area contributed by atoms with Crippen molar-refractivity contribution in [3.8, 4) is 0 Å². The highest BCUT2D eigenvalue weighted by atomic mass is 127. The Bertz CT molecular complexity index is 632. The maximum atomic E-state index is 11.1. The van der Waals surface area contributed by atoms with E-state index in [-0.39, 0.29) is 29.9 Å². The SMILES string of the molecule is CCNC(=NCCc1ccc(NC(C)=O)cc1)NC1CN(C(C)C)CC1C.I. The molecule has 3 N–H and O–H groups in total. The minimum atomic E-state index is -0.0501. The van der Waals surface area contributed by atoms with Gasteiger partial charge in [0.15, 0.2) is 5.96 Å². The Morgan fingerprint density at radius 1 is 1.25 bits per heavy atom. The topological polar surface area (TPSA) is 68.8 Å². The molecule has 1 heterocycles. The number of anilines is 1. The molecule has 0 aliphatic carbocycles. The third-order valence-electron chi connectivity index (χ3n) is 4.98. The number of guanidine groups is 1. The molecule has 7 heteroatoms. The van der Waals surface area contributed by atoms with E-state index in [1.54, 1.807) is 0 Å². The number of nitrogens with zero attached hydrogens (tertiary/aromatic N) is 2. The Balaban J connectivity index is 0.00000392. The van der Waals surface area contributed by atoms with Crippen LogP contribution in [0.1, 0.15) is 40.2 Å².